The molecule has 2 N–H and O–H groups in total. The molecule has 2 fully saturated rings. The average molecular weight is 522 g/mol. The van der Waals surface area contributed by atoms with E-state index < -0.39 is 11.6 Å². The van der Waals surface area contributed by atoms with Crippen LogP contribution in [0.3, 0.4) is 0 Å². The number of rotatable bonds is 7. The van der Waals surface area contributed by atoms with Gasteiger partial charge in [-0.25, -0.2) is 18.7 Å². The molecule has 3 aromatic rings. The number of nitrogens with two attached hydrogens (primary N) is 1. The molecule has 36 heavy (non-hydrogen) atoms. The predicted octanol–water partition coefficient (Wildman–Crippen LogP) is 3.35. The van der Waals surface area contributed by atoms with Gasteiger partial charge in [0.2, 0.25) is 5.95 Å². The van der Waals surface area contributed by atoms with E-state index in [1.165, 1.54) is 6.07 Å². The number of piperidine rings is 1. The van der Waals surface area contributed by atoms with Crippen molar-refractivity contribution in [2.75, 3.05) is 42.6 Å². The standard InChI is InChI=1S/C24H29F2N7O2.ClH/c1-2-22-30-24(35-31-22)32-7-5-15(6-8-32)14-34-17-10-28-23(29-11-17)33-12-19(21(27)13-33)18-9-16(25)3-4-20(18)26;/h3-4,9-11,15,19,21H,2,5-8,12-14,27H2,1H3;1H/t19-,21+;/m1./s1. The summed E-state index contributed by atoms with van der Waals surface area (Å²) in [5, 5.41) is 3.96. The Bertz CT molecular complexity index is 1140. The molecular weight excluding hydrogens is 492 g/mol. The zero-order chi connectivity index (χ0) is 24.4. The Morgan fingerprint density at radius 2 is 1.86 bits per heavy atom. The van der Waals surface area contributed by atoms with Crippen LogP contribution in [0.25, 0.3) is 0 Å². The Morgan fingerprint density at radius 1 is 1.11 bits per heavy atom. The number of ether oxygens (including phenoxy) is 1. The highest BCUT2D eigenvalue weighted by atomic mass is 35.5. The van der Waals surface area contributed by atoms with Crippen LogP contribution in [0.15, 0.2) is 35.1 Å². The molecular formula is C24H30ClF2N7O2. The zero-order valence-corrected chi connectivity index (χ0v) is 20.8. The largest absolute Gasteiger partial charge is 0.490 e. The molecule has 0 radical (unpaired) electrons. The van der Waals surface area contributed by atoms with E-state index >= 15 is 0 Å². The number of aromatic nitrogens is 4. The van der Waals surface area contributed by atoms with Gasteiger partial charge in [-0.2, -0.15) is 4.98 Å². The molecule has 5 rings (SSSR count). The van der Waals surface area contributed by atoms with Gasteiger partial charge in [-0.05, 0) is 42.5 Å². The van der Waals surface area contributed by atoms with Crippen molar-refractivity contribution in [3.63, 3.8) is 0 Å². The van der Waals surface area contributed by atoms with Crippen LogP contribution in [-0.2, 0) is 6.42 Å². The molecule has 2 aliphatic heterocycles. The molecule has 4 heterocycles. The minimum absolute atomic E-state index is 0. The molecule has 0 unspecified atom stereocenters. The van der Waals surface area contributed by atoms with Gasteiger partial charge in [0.1, 0.15) is 11.6 Å². The summed E-state index contributed by atoms with van der Waals surface area (Å²) in [6, 6.07) is 3.71. The predicted molar refractivity (Wildman–Crippen MR) is 133 cm³/mol. The summed E-state index contributed by atoms with van der Waals surface area (Å²) in [6.07, 6.45) is 5.97. The van der Waals surface area contributed by atoms with Gasteiger partial charge in [0, 0.05) is 44.6 Å². The van der Waals surface area contributed by atoms with E-state index in [0.29, 0.717) is 43.3 Å². The fourth-order valence-electron chi connectivity index (χ4n) is 4.69. The number of hydrogen-bond acceptors (Lipinski definition) is 9. The minimum Gasteiger partial charge on any atom is -0.490 e. The molecule has 2 aliphatic rings. The highest BCUT2D eigenvalue weighted by Crippen LogP contribution is 2.31. The Hall–Kier alpha value is -3.05. The second-order valence-electron chi connectivity index (χ2n) is 9.15. The second kappa shape index (κ2) is 11.3. The lowest BCUT2D eigenvalue weighted by Gasteiger charge is -2.30. The summed E-state index contributed by atoms with van der Waals surface area (Å²) in [4.78, 5) is 17.2. The molecule has 2 saturated heterocycles. The maximum Gasteiger partial charge on any atom is 0.324 e. The fraction of sp³-hybridized carbons (Fsp3) is 0.500. The van der Waals surface area contributed by atoms with Gasteiger partial charge >= 0.3 is 6.01 Å². The van der Waals surface area contributed by atoms with E-state index in [4.69, 9.17) is 15.0 Å². The summed E-state index contributed by atoms with van der Waals surface area (Å²) in [5.74, 6) is 0.960. The number of hydrogen-bond donors (Lipinski definition) is 1. The number of aryl methyl sites for hydroxylation is 1. The number of nitrogens with zero attached hydrogens (tertiary/aromatic N) is 6. The van der Waals surface area contributed by atoms with Crippen molar-refractivity contribution >= 4 is 24.4 Å². The van der Waals surface area contributed by atoms with Crippen LogP contribution in [-0.4, -0.2) is 58.9 Å². The third-order valence-corrected chi connectivity index (χ3v) is 6.76. The zero-order valence-electron chi connectivity index (χ0n) is 20.0. The molecule has 194 valence electrons. The number of halogens is 3. The third kappa shape index (κ3) is 5.67. The lowest BCUT2D eigenvalue weighted by molar-refractivity contribution is 0.219. The number of anilines is 2. The van der Waals surface area contributed by atoms with Crippen LogP contribution in [0, 0.1) is 17.6 Å². The van der Waals surface area contributed by atoms with Crippen LogP contribution in [0.1, 0.15) is 37.1 Å². The van der Waals surface area contributed by atoms with Gasteiger partial charge in [-0.15, -0.1) is 12.4 Å². The van der Waals surface area contributed by atoms with Crippen molar-refractivity contribution in [2.45, 2.75) is 38.1 Å². The maximum atomic E-state index is 14.2. The highest BCUT2D eigenvalue weighted by Gasteiger charge is 2.34. The Labute approximate surface area is 214 Å². The summed E-state index contributed by atoms with van der Waals surface area (Å²) in [6.45, 7) is 5.14. The van der Waals surface area contributed by atoms with Crippen LogP contribution < -0.4 is 20.3 Å². The smallest absolute Gasteiger partial charge is 0.324 e. The molecule has 9 nitrogen and oxygen atoms in total. The summed E-state index contributed by atoms with van der Waals surface area (Å²) < 4.78 is 39.1. The van der Waals surface area contributed by atoms with Crippen LogP contribution in [0.2, 0.25) is 0 Å². The molecule has 0 aliphatic carbocycles. The first-order valence-corrected chi connectivity index (χ1v) is 12.0. The van der Waals surface area contributed by atoms with Crippen LogP contribution in [0.4, 0.5) is 20.7 Å². The van der Waals surface area contributed by atoms with Gasteiger partial charge in [-0.3, -0.25) is 0 Å². The monoisotopic (exact) mass is 521 g/mol. The lowest BCUT2D eigenvalue weighted by Crippen LogP contribution is -2.35. The van der Waals surface area contributed by atoms with Crippen molar-refractivity contribution < 1.29 is 18.0 Å². The van der Waals surface area contributed by atoms with E-state index in [1.807, 2.05) is 11.8 Å². The molecule has 12 heteroatoms. The van der Waals surface area contributed by atoms with E-state index in [-0.39, 0.29) is 29.9 Å². The van der Waals surface area contributed by atoms with Crippen molar-refractivity contribution in [2.24, 2.45) is 11.7 Å². The first kappa shape index (κ1) is 26.0. The summed E-state index contributed by atoms with van der Waals surface area (Å²) in [5.41, 5.74) is 6.53. The quantitative estimate of drug-likeness (QED) is 0.501. The Morgan fingerprint density at radius 3 is 2.56 bits per heavy atom. The first-order valence-electron chi connectivity index (χ1n) is 12.0. The second-order valence-corrected chi connectivity index (χ2v) is 9.15. The molecule has 2 aromatic heterocycles. The van der Waals surface area contributed by atoms with E-state index in [9.17, 15) is 8.78 Å². The van der Waals surface area contributed by atoms with E-state index in [0.717, 1.165) is 50.3 Å². The summed E-state index contributed by atoms with van der Waals surface area (Å²) in [7, 11) is 0. The third-order valence-electron chi connectivity index (χ3n) is 6.76. The molecule has 0 amide bonds. The normalized spacial score (nSPS) is 20.4. The van der Waals surface area contributed by atoms with Crippen molar-refractivity contribution in [3.05, 3.63) is 53.6 Å². The molecule has 1 aromatic carbocycles. The van der Waals surface area contributed by atoms with Crippen LogP contribution in [0.5, 0.6) is 5.75 Å². The molecule has 2 atom stereocenters. The van der Waals surface area contributed by atoms with Gasteiger partial charge in [0.15, 0.2) is 11.6 Å². The topological polar surface area (TPSA) is 106 Å². The van der Waals surface area contributed by atoms with Gasteiger partial charge in [-0.1, -0.05) is 12.1 Å². The van der Waals surface area contributed by atoms with Crippen molar-refractivity contribution in [3.8, 4) is 5.75 Å². The van der Waals surface area contributed by atoms with Gasteiger partial charge in [0.05, 0.1) is 19.0 Å². The van der Waals surface area contributed by atoms with E-state index in [2.05, 4.69) is 25.0 Å². The Balaban J connectivity index is 0.00000304. The first-order chi connectivity index (χ1) is 17.0. The molecule has 0 saturated carbocycles. The van der Waals surface area contributed by atoms with Crippen molar-refractivity contribution in [1.29, 1.82) is 0 Å². The average Bonchev–Trinajstić information content (AvgIpc) is 3.52. The lowest BCUT2D eigenvalue weighted by atomic mass is 9.94. The summed E-state index contributed by atoms with van der Waals surface area (Å²) >= 11 is 0. The van der Waals surface area contributed by atoms with Crippen LogP contribution >= 0.6 is 12.4 Å². The van der Waals surface area contributed by atoms with Gasteiger partial charge < -0.3 is 24.8 Å². The Kier molecular flexibility index (Phi) is 8.20. The maximum absolute atomic E-state index is 14.2. The SMILES string of the molecule is CCc1noc(N2CCC(COc3cnc(N4C[C@H](c5cc(F)ccc5F)[C@@H](N)C4)nc3)CC2)n1.Cl. The molecule has 0 bridgehead atoms. The number of benzene rings is 1. The highest BCUT2D eigenvalue weighted by molar-refractivity contribution is 5.85. The minimum atomic E-state index is -0.476. The fourth-order valence-corrected chi connectivity index (χ4v) is 4.69. The van der Waals surface area contributed by atoms with Gasteiger partial charge in [0.25, 0.3) is 0 Å². The molecule has 0 spiro atoms. The van der Waals surface area contributed by atoms with Crippen molar-refractivity contribution in [1.82, 2.24) is 20.1 Å². The van der Waals surface area contributed by atoms with E-state index in [1.54, 1.807) is 12.4 Å².